The van der Waals surface area contributed by atoms with Crippen LogP contribution in [-0.4, -0.2) is 57.8 Å². The second-order valence-electron chi connectivity index (χ2n) is 12.1. The molecule has 0 saturated carbocycles. The van der Waals surface area contributed by atoms with Gasteiger partial charge in [-0.3, -0.25) is 14.7 Å². The van der Waals surface area contributed by atoms with Crippen molar-refractivity contribution in [3.05, 3.63) is 82.8 Å². The fourth-order valence-electron chi connectivity index (χ4n) is 6.18. The largest absolute Gasteiger partial charge is 0.380 e. The van der Waals surface area contributed by atoms with E-state index in [9.17, 15) is 9.90 Å². The number of aromatic nitrogens is 3. The van der Waals surface area contributed by atoms with Crippen molar-refractivity contribution in [1.82, 2.24) is 20.1 Å². The van der Waals surface area contributed by atoms with Crippen LogP contribution in [0.2, 0.25) is 0 Å². The highest BCUT2D eigenvalue weighted by atomic mass is 16.3. The Morgan fingerprint density at radius 1 is 1.03 bits per heavy atom. The van der Waals surface area contributed by atoms with E-state index in [1.54, 1.807) is 11.1 Å². The van der Waals surface area contributed by atoms with Crippen LogP contribution in [-0.2, 0) is 10.4 Å². The van der Waals surface area contributed by atoms with Crippen LogP contribution in [0.1, 0.15) is 86.9 Å². The quantitative estimate of drug-likeness (QED) is 0.488. The molecule has 0 spiro atoms. The first-order chi connectivity index (χ1) is 18.0. The molecule has 1 aromatic carbocycles. The van der Waals surface area contributed by atoms with Gasteiger partial charge in [0, 0.05) is 54.3 Å². The summed E-state index contributed by atoms with van der Waals surface area (Å²) in [6.07, 6.45) is 2.03. The summed E-state index contributed by atoms with van der Waals surface area (Å²) in [7, 11) is 2.06. The topological polar surface area (TPSA) is 82.5 Å². The van der Waals surface area contributed by atoms with Crippen LogP contribution in [0.5, 0.6) is 0 Å². The van der Waals surface area contributed by atoms with Crippen molar-refractivity contribution in [3.8, 4) is 0 Å². The predicted octanol–water partition coefficient (Wildman–Crippen LogP) is 4.83. The van der Waals surface area contributed by atoms with E-state index in [2.05, 4.69) is 68.9 Å². The smallest absolute Gasteiger partial charge is 0.228 e. The Labute approximate surface area is 225 Å². The lowest BCUT2D eigenvalue weighted by atomic mass is 9.62. The number of nitrogens with zero attached hydrogens (tertiary/aromatic N) is 5. The van der Waals surface area contributed by atoms with Gasteiger partial charge in [-0.25, -0.2) is 0 Å². The molecular formula is C31H39N5O2. The van der Waals surface area contributed by atoms with Crippen molar-refractivity contribution in [2.75, 3.05) is 31.6 Å². The molecule has 200 valence electrons. The van der Waals surface area contributed by atoms with Gasteiger partial charge in [0.05, 0.1) is 6.20 Å². The first-order valence-electron chi connectivity index (χ1n) is 13.6. The van der Waals surface area contributed by atoms with E-state index in [1.807, 2.05) is 36.4 Å². The molecule has 1 amide bonds. The molecule has 0 aliphatic carbocycles. The molecule has 2 fully saturated rings. The molecule has 5 rings (SSSR count). The minimum atomic E-state index is -1.28. The number of amides is 1. The number of carbonyl (C=O) groups excluding carboxylic acids is 1. The molecule has 2 aromatic heterocycles. The van der Waals surface area contributed by atoms with Crippen molar-refractivity contribution < 1.29 is 9.90 Å². The summed E-state index contributed by atoms with van der Waals surface area (Å²) in [4.78, 5) is 21.9. The third kappa shape index (κ3) is 4.52. The number of hydrogen-bond acceptors (Lipinski definition) is 6. The van der Waals surface area contributed by atoms with Crippen LogP contribution in [0.25, 0.3) is 0 Å². The summed E-state index contributed by atoms with van der Waals surface area (Å²) >= 11 is 0. The molecule has 4 heterocycles. The molecular weight excluding hydrogens is 474 g/mol. The zero-order valence-corrected chi connectivity index (χ0v) is 23.3. The van der Waals surface area contributed by atoms with Crippen LogP contribution in [0, 0.1) is 5.41 Å². The monoisotopic (exact) mass is 513 g/mol. The molecule has 1 unspecified atom stereocenters. The number of benzene rings is 1. The second-order valence-corrected chi connectivity index (χ2v) is 12.1. The van der Waals surface area contributed by atoms with Gasteiger partial charge in [-0.2, -0.15) is 5.10 Å². The molecule has 0 bridgehead atoms. The highest BCUT2D eigenvalue weighted by Gasteiger charge is 2.55. The molecule has 3 aromatic rings. The van der Waals surface area contributed by atoms with Gasteiger partial charge in [-0.05, 0) is 48.2 Å². The van der Waals surface area contributed by atoms with E-state index in [0.29, 0.717) is 36.2 Å². The maximum absolute atomic E-state index is 13.2. The highest BCUT2D eigenvalue weighted by Crippen LogP contribution is 2.50. The number of aliphatic hydroxyl groups is 1. The third-order valence-corrected chi connectivity index (χ3v) is 8.37. The van der Waals surface area contributed by atoms with E-state index >= 15 is 0 Å². The van der Waals surface area contributed by atoms with Crippen molar-refractivity contribution >= 4 is 11.7 Å². The molecule has 7 nitrogen and oxygen atoms in total. The Morgan fingerprint density at radius 3 is 2.37 bits per heavy atom. The SMILES string of the molecule is CC(C)c1ccc([C@](O)(c2cnnc(N3CC(c4cccc(C(C)C)n4)CC3=O)c2)C2(C)CN(C)C2)cc1. The fourth-order valence-corrected chi connectivity index (χ4v) is 6.18. The van der Waals surface area contributed by atoms with Crippen LogP contribution < -0.4 is 4.90 Å². The number of pyridine rings is 1. The lowest BCUT2D eigenvalue weighted by Crippen LogP contribution is -2.63. The molecule has 2 atom stereocenters. The Kier molecular flexibility index (Phi) is 6.86. The Morgan fingerprint density at radius 2 is 1.74 bits per heavy atom. The Bertz CT molecular complexity index is 1320. The molecule has 2 saturated heterocycles. The van der Waals surface area contributed by atoms with Crippen LogP contribution in [0.15, 0.2) is 54.7 Å². The number of hydrogen-bond donors (Lipinski definition) is 1. The van der Waals surface area contributed by atoms with E-state index in [0.717, 1.165) is 30.0 Å². The third-order valence-electron chi connectivity index (χ3n) is 8.37. The van der Waals surface area contributed by atoms with Crippen molar-refractivity contribution in [2.24, 2.45) is 5.41 Å². The zero-order chi connectivity index (χ0) is 27.2. The van der Waals surface area contributed by atoms with Gasteiger partial charge in [-0.15, -0.1) is 5.10 Å². The standard InChI is InChI=1S/C31H39N5O2/c1-20(2)22-10-12-24(13-11-22)31(38,30(5)18-35(6)19-30)25-15-28(34-32-16-25)36-17-23(14-29(36)37)27-9-7-8-26(33-27)21(3)4/h7-13,15-16,20-21,23,38H,14,17-19H2,1-6H3/t23?,31-/m0/s1. The minimum Gasteiger partial charge on any atom is -0.380 e. The summed E-state index contributed by atoms with van der Waals surface area (Å²) in [6, 6.07) is 16.2. The van der Waals surface area contributed by atoms with Gasteiger partial charge in [0.1, 0.15) is 5.60 Å². The average molecular weight is 514 g/mol. The number of rotatable bonds is 7. The summed E-state index contributed by atoms with van der Waals surface area (Å²) in [6.45, 7) is 12.7. The lowest BCUT2D eigenvalue weighted by Gasteiger charge is -2.55. The number of likely N-dealkylation sites (tertiary alicyclic amines) is 1. The summed E-state index contributed by atoms with van der Waals surface area (Å²) in [5.74, 6) is 1.19. The Balaban J connectivity index is 1.49. The van der Waals surface area contributed by atoms with E-state index in [4.69, 9.17) is 4.98 Å². The van der Waals surface area contributed by atoms with Crippen LogP contribution >= 0.6 is 0 Å². The summed E-state index contributed by atoms with van der Waals surface area (Å²) in [5, 5.41) is 21.2. The maximum Gasteiger partial charge on any atom is 0.228 e. The summed E-state index contributed by atoms with van der Waals surface area (Å²) in [5.41, 5.74) is 2.98. The lowest BCUT2D eigenvalue weighted by molar-refractivity contribution is -0.127. The molecule has 0 radical (unpaired) electrons. The van der Waals surface area contributed by atoms with Gasteiger partial charge >= 0.3 is 0 Å². The molecule has 1 N–H and O–H groups in total. The van der Waals surface area contributed by atoms with Gasteiger partial charge in [0.25, 0.3) is 0 Å². The summed E-state index contributed by atoms with van der Waals surface area (Å²) < 4.78 is 0. The van der Waals surface area contributed by atoms with Crippen LogP contribution in [0.4, 0.5) is 5.82 Å². The van der Waals surface area contributed by atoms with Crippen LogP contribution in [0.3, 0.4) is 0 Å². The first kappa shape index (κ1) is 26.4. The van der Waals surface area contributed by atoms with Gasteiger partial charge < -0.3 is 10.0 Å². The predicted molar refractivity (Wildman–Crippen MR) is 149 cm³/mol. The molecule has 7 heteroatoms. The van der Waals surface area contributed by atoms with Gasteiger partial charge in [0.2, 0.25) is 5.91 Å². The van der Waals surface area contributed by atoms with E-state index in [-0.39, 0.29) is 11.8 Å². The number of anilines is 1. The molecule has 38 heavy (non-hydrogen) atoms. The Hall–Kier alpha value is -3.16. The second kappa shape index (κ2) is 9.86. The first-order valence-corrected chi connectivity index (χ1v) is 13.6. The van der Waals surface area contributed by atoms with Crippen molar-refractivity contribution in [1.29, 1.82) is 0 Å². The fraction of sp³-hybridized carbons (Fsp3) is 0.484. The van der Waals surface area contributed by atoms with Gasteiger partial charge in [0.15, 0.2) is 5.82 Å². The normalized spacial score (nSPS) is 21.1. The maximum atomic E-state index is 13.2. The highest BCUT2D eigenvalue weighted by molar-refractivity contribution is 5.95. The van der Waals surface area contributed by atoms with Crippen molar-refractivity contribution in [3.63, 3.8) is 0 Å². The molecule has 2 aliphatic rings. The molecule has 2 aliphatic heterocycles. The van der Waals surface area contributed by atoms with E-state index in [1.165, 1.54) is 5.56 Å². The minimum absolute atomic E-state index is 0.00221. The number of carbonyl (C=O) groups is 1. The van der Waals surface area contributed by atoms with E-state index < -0.39 is 11.0 Å². The average Bonchev–Trinajstić information content (AvgIpc) is 3.29. The van der Waals surface area contributed by atoms with Gasteiger partial charge in [-0.1, -0.05) is 65.0 Å². The van der Waals surface area contributed by atoms with Crippen molar-refractivity contribution in [2.45, 2.75) is 64.4 Å². The zero-order valence-electron chi connectivity index (χ0n) is 23.3.